The second kappa shape index (κ2) is 15.6. The van der Waals surface area contributed by atoms with Crippen molar-refractivity contribution < 1.29 is 28.9 Å². The second-order valence-corrected chi connectivity index (χ2v) is 17.5. The zero-order chi connectivity index (χ0) is 40.0. The fourth-order valence-corrected chi connectivity index (χ4v) is 9.89. The molecule has 1 aliphatic heterocycles. The van der Waals surface area contributed by atoms with Gasteiger partial charge in [0.1, 0.15) is 5.75 Å². The van der Waals surface area contributed by atoms with Gasteiger partial charge in [-0.3, -0.25) is 14.6 Å². The van der Waals surface area contributed by atoms with Crippen LogP contribution in [0, 0.1) is 6.92 Å². The number of benzene rings is 2. The molecule has 4 heterocycles. The van der Waals surface area contributed by atoms with Crippen molar-refractivity contribution in [3.8, 4) is 22.7 Å². The Bertz CT molecular complexity index is 2520. The van der Waals surface area contributed by atoms with Gasteiger partial charge in [0.25, 0.3) is 11.8 Å². The molecule has 2 aromatic carbocycles. The molecule has 300 valence electrons. The summed E-state index contributed by atoms with van der Waals surface area (Å²) in [4.78, 5) is 34.4. The Balaban J connectivity index is 0.00000512. The Hall–Kier alpha value is -5.27. The molecular weight excluding hydrogens is 741 g/mol. The number of hydrogen-bond donors (Lipinski definition) is 1. The highest BCUT2D eigenvalue weighted by molar-refractivity contribution is 7.91. The minimum absolute atomic E-state index is 0. The Morgan fingerprint density at radius 1 is 1.02 bits per heavy atom. The van der Waals surface area contributed by atoms with Crippen molar-refractivity contribution in [2.24, 2.45) is 0 Å². The monoisotopic (exact) mass is 792 g/mol. The van der Waals surface area contributed by atoms with Gasteiger partial charge in [0.15, 0.2) is 0 Å². The third kappa shape index (κ3) is 7.27. The average Bonchev–Trinajstić information content (AvgIpc) is 3.97. The van der Waals surface area contributed by atoms with E-state index >= 15 is 0 Å². The highest BCUT2D eigenvalue weighted by Gasteiger charge is 2.38. The van der Waals surface area contributed by atoms with Crippen LogP contribution in [-0.4, -0.2) is 83.1 Å². The maximum Gasteiger partial charge on any atom is 0.264 e. The van der Waals surface area contributed by atoms with Crippen LogP contribution in [0.4, 0.5) is 0 Å². The molecule has 1 atom stereocenters. The number of pyridine rings is 1. The van der Waals surface area contributed by atoms with Gasteiger partial charge < -0.3 is 18.9 Å². The van der Waals surface area contributed by atoms with Gasteiger partial charge in [-0.2, -0.15) is 5.10 Å². The van der Waals surface area contributed by atoms with E-state index in [4.69, 9.17) is 14.6 Å². The molecule has 1 N–H and O–H groups in total. The van der Waals surface area contributed by atoms with Crippen LogP contribution in [0.15, 0.2) is 61.1 Å². The molecule has 3 aliphatic rings. The maximum atomic E-state index is 14.7. The molecule has 3 aromatic heterocycles. The van der Waals surface area contributed by atoms with E-state index in [1.807, 2.05) is 55.8 Å². The van der Waals surface area contributed by atoms with Crippen LogP contribution in [-0.2, 0) is 21.3 Å². The van der Waals surface area contributed by atoms with Crippen molar-refractivity contribution in [3.63, 3.8) is 0 Å². The van der Waals surface area contributed by atoms with E-state index in [0.717, 1.165) is 70.2 Å². The van der Waals surface area contributed by atoms with Crippen LogP contribution < -0.4 is 9.46 Å². The molecule has 2 aliphatic carbocycles. The molecule has 57 heavy (non-hydrogen) atoms. The van der Waals surface area contributed by atoms with Gasteiger partial charge in [-0.15, -0.1) is 0 Å². The van der Waals surface area contributed by atoms with E-state index in [1.165, 1.54) is 12.0 Å². The molecule has 8 rings (SSSR count). The molecular formula is C44H52N6O6S. The number of carbonyl (C=O) groups is 2. The molecule has 0 saturated heterocycles. The van der Waals surface area contributed by atoms with Gasteiger partial charge in [0, 0.05) is 56.0 Å². The first-order valence-corrected chi connectivity index (χ1v) is 21.5. The number of likely N-dealkylation sites (N-methyl/N-ethyl adjacent to an activating group) is 1. The van der Waals surface area contributed by atoms with Crippen LogP contribution in [0.25, 0.3) is 39.5 Å². The maximum absolute atomic E-state index is 14.7. The third-order valence-electron chi connectivity index (χ3n) is 11.8. The topological polar surface area (TPSA) is 138 Å². The summed E-state index contributed by atoms with van der Waals surface area (Å²) >= 11 is 0. The number of nitrogens with one attached hydrogen (secondary N) is 1. The zero-order valence-corrected chi connectivity index (χ0v) is 34.1. The number of methoxy groups -OCH3 is 2. The Morgan fingerprint density at radius 3 is 2.51 bits per heavy atom. The first-order valence-electron chi connectivity index (χ1n) is 19.9. The minimum Gasteiger partial charge on any atom is -0.497 e. The van der Waals surface area contributed by atoms with Crippen LogP contribution in [0.5, 0.6) is 5.75 Å². The quantitative estimate of drug-likeness (QED) is 0.135. The van der Waals surface area contributed by atoms with E-state index in [-0.39, 0.29) is 24.9 Å². The lowest BCUT2D eigenvalue weighted by Gasteiger charge is -2.24. The fourth-order valence-electron chi connectivity index (χ4n) is 8.59. The number of aromatic nitrogens is 4. The predicted octanol–water partition coefficient (Wildman–Crippen LogP) is 7.77. The number of allylic oxidation sites excluding steroid dienone is 1. The molecule has 0 radical (unpaired) electrons. The molecule has 0 bridgehead atoms. The minimum atomic E-state index is -3.76. The first kappa shape index (κ1) is 38.6. The standard InChI is InChI=1S/C44H50N6O6S.H2/c1-6-48(25-28(3)55-4)44(52)37-24-46-50(38-18-19-45-23-27(38)2)41(37)32-20-31-21-33(56-5)13-17-35(31)42-40(29-10-8-7-9-11-29)36-16-12-30(22-39(36)49(42)26-32)43(51)47-57(53,54)34-14-15-34;/h12-13,16-24,28-29,34H,6-11,14-15,25-26H2,1-5H3,(H,47,51);1H/t28-;/m1./s1. The normalized spacial score (nSPS) is 16.3. The zero-order valence-electron chi connectivity index (χ0n) is 33.2. The van der Waals surface area contributed by atoms with Gasteiger partial charge >= 0.3 is 0 Å². The number of nitrogens with zero attached hydrogens (tertiary/aromatic N) is 5. The summed E-state index contributed by atoms with van der Waals surface area (Å²) in [6, 6.07) is 13.6. The predicted molar refractivity (Wildman–Crippen MR) is 223 cm³/mol. The van der Waals surface area contributed by atoms with Crippen LogP contribution in [0.2, 0.25) is 0 Å². The van der Waals surface area contributed by atoms with Crippen molar-refractivity contribution >= 4 is 44.4 Å². The second-order valence-electron chi connectivity index (χ2n) is 15.6. The average molecular weight is 793 g/mol. The van der Waals surface area contributed by atoms with Crippen molar-refractivity contribution in [1.82, 2.24) is 29.0 Å². The first-order chi connectivity index (χ1) is 27.5. The van der Waals surface area contributed by atoms with Crippen molar-refractivity contribution in [2.75, 3.05) is 27.3 Å². The third-order valence-corrected chi connectivity index (χ3v) is 13.6. The lowest BCUT2D eigenvalue weighted by Crippen LogP contribution is -2.37. The molecule has 12 nitrogen and oxygen atoms in total. The Kier molecular flexibility index (Phi) is 10.6. The van der Waals surface area contributed by atoms with Crippen LogP contribution in [0.3, 0.4) is 0 Å². The molecule has 0 unspecified atom stereocenters. The summed E-state index contributed by atoms with van der Waals surface area (Å²) in [5, 5.41) is 5.40. The highest BCUT2D eigenvalue weighted by atomic mass is 32.2. The molecule has 13 heteroatoms. The fraction of sp³-hybridized carbons (Fsp3) is 0.409. The molecule has 5 aromatic rings. The van der Waals surface area contributed by atoms with Crippen molar-refractivity contribution in [2.45, 2.75) is 89.5 Å². The van der Waals surface area contributed by atoms with Crippen molar-refractivity contribution in [1.29, 1.82) is 0 Å². The Labute approximate surface area is 335 Å². The number of sulfonamides is 1. The van der Waals surface area contributed by atoms with Gasteiger partial charge in [-0.1, -0.05) is 25.3 Å². The number of rotatable bonds is 12. The van der Waals surface area contributed by atoms with Crippen molar-refractivity contribution in [3.05, 3.63) is 94.6 Å². The summed E-state index contributed by atoms with van der Waals surface area (Å²) in [5.41, 5.74) is 8.90. The van der Waals surface area contributed by atoms with Crippen LogP contribution in [0.1, 0.15) is 109 Å². The number of ether oxygens (including phenoxy) is 2. The largest absolute Gasteiger partial charge is 0.497 e. The van der Waals surface area contributed by atoms with Gasteiger partial charge in [-0.25, -0.2) is 17.8 Å². The number of aryl methyl sites for hydroxylation is 1. The Morgan fingerprint density at radius 2 is 1.81 bits per heavy atom. The smallest absolute Gasteiger partial charge is 0.264 e. The molecule has 2 saturated carbocycles. The van der Waals surface area contributed by atoms with E-state index in [2.05, 4.69) is 26.4 Å². The number of carbonyl (C=O) groups excluding carboxylic acids is 2. The van der Waals surface area contributed by atoms with E-state index in [9.17, 15) is 18.0 Å². The summed E-state index contributed by atoms with van der Waals surface area (Å²) in [6.45, 7) is 7.08. The summed E-state index contributed by atoms with van der Waals surface area (Å²) in [6.07, 6.45) is 13.8. The number of fused-ring (bicyclic) bond motifs is 5. The van der Waals surface area contributed by atoms with E-state index in [1.54, 1.807) is 43.8 Å². The van der Waals surface area contributed by atoms with Crippen LogP contribution >= 0.6 is 0 Å². The number of amides is 2. The van der Waals surface area contributed by atoms with Gasteiger partial charge in [-0.05, 0) is 117 Å². The highest BCUT2D eigenvalue weighted by Crippen LogP contribution is 2.48. The summed E-state index contributed by atoms with van der Waals surface area (Å²) in [5.74, 6) is 0.176. The molecule has 2 amide bonds. The van der Waals surface area contributed by atoms with E-state index < -0.39 is 21.2 Å². The number of hydrogen-bond acceptors (Lipinski definition) is 8. The lowest BCUT2D eigenvalue weighted by atomic mass is 9.81. The van der Waals surface area contributed by atoms with E-state index in [0.29, 0.717) is 49.5 Å². The lowest BCUT2D eigenvalue weighted by molar-refractivity contribution is 0.0551. The summed E-state index contributed by atoms with van der Waals surface area (Å²) in [7, 11) is -0.464. The summed E-state index contributed by atoms with van der Waals surface area (Å²) < 4.78 is 43.6. The van der Waals surface area contributed by atoms with Gasteiger partial charge in [0.2, 0.25) is 10.0 Å². The SMILES string of the molecule is CCN(C[C@@H](C)OC)C(=O)c1cnn(-c2ccncc2C)c1C1=Cc2cc(OC)ccc2-c2c(C3CCCCC3)c3ccc(C(=O)NS(=O)(=O)C4CC4)cc3n2C1.[HH]. The molecule has 2 fully saturated rings. The molecule has 0 spiro atoms. The van der Waals surface area contributed by atoms with Gasteiger partial charge in [0.05, 0.1) is 53.8 Å².